The van der Waals surface area contributed by atoms with Gasteiger partial charge in [-0.1, -0.05) is 20.8 Å². The van der Waals surface area contributed by atoms with Crippen molar-refractivity contribution >= 4 is 0 Å². The standard InChI is InChI=1S/C16H27N3/c1-4-6-18-16(15-5-7-17-11-19-15)14-9-12(2)8-13(3)10-14/h5,7,11-14,16,18H,4,6,8-10H2,1-3H3. The molecule has 1 aromatic heterocycles. The van der Waals surface area contributed by atoms with Crippen molar-refractivity contribution in [2.45, 2.75) is 52.5 Å². The fourth-order valence-corrected chi connectivity index (χ4v) is 3.58. The molecule has 1 aliphatic rings. The van der Waals surface area contributed by atoms with E-state index in [1.165, 1.54) is 25.7 Å². The van der Waals surface area contributed by atoms with Crippen LogP contribution < -0.4 is 5.32 Å². The number of hydrogen-bond acceptors (Lipinski definition) is 3. The van der Waals surface area contributed by atoms with Gasteiger partial charge >= 0.3 is 0 Å². The Kier molecular flexibility index (Phi) is 5.32. The molecule has 2 rings (SSSR count). The average Bonchev–Trinajstić information content (AvgIpc) is 2.39. The van der Waals surface area contributed by atoms with Crippen LogP contribution in [0, 0.1) is 17.8 Å². The summed E-state index contributed by atoms with van der Waals surface area (Å²) in [5.41, 5.74) is 1.16. The number of hydrogen-bond donors (Lipinski definition) is 1. The maximum absolute atomic E-state index is 4.48. The summed E-state index contributed by atoms with van der Waals surface area (Å²) in [4.78, 5) is 8.53. The van der Waals surface area contributed by atoms with Crippen LogP contribution in [0.2, 0.25) is 0 Å². The zero-order chi connectivity index (χ0) is 13.7. The molecule has 0 spiro atoms. The summed E-state index contributed by atoms with van der Waals surface area (Å²) >= 11 is 0. The summed E-state index contributed by atoms with van der Waals surface area (Å²) in [7, 11) is 0. The Hall–Kier alpha value is -0.960. The smallest absolute Gasteiger partial charge is 0.115 e. The van der Waals surface area contributed by atoms with E-state index in [0.29, 0.717) is 12.0 Å². The van der Waals surface area contributed by atoms with Gasteiger partial charge in [-0.15, -0.1) is 0 Å². The first kappa shape index (κ1) is 14.4. The molecular weight excluding hydrogens is 234 g/mol. The Morgan fingerprint density at radius 1 is 1.26 bits per heavy atom. The Bertz CT molecular complexity index is 356. The summed E-state index contributed by atoms with van der Waals surface area (Å²) in [6, 6.07) is 2.46. The van der Waals surface area contributed by atoms with Crippen LogP contribution in [0.25, 0.3) is 0 Å². The highest BCUT2D eigenvalue weighted by atomic mass is 15.0. The van der Waals surface area contributed by atoms with Crippen LogP contribution in [-0.2, 0) is 0 Å². The zero-order valence-corrected chi connectivity index (χ0v) is 12.5. The molecule has 1 N–H and O–H groups in total. The highest BCUT2D eigenvalue weighted by Gasteiger charge is 2.31. The molecule has 3 heteroatoms. The maximum atomic E-state index is 4.48. The first-order chi connectivity index (χ1) is 9.20. The quantitative estimate of drug-likeness (QED) is 0.880. The number of aromatic nitrogens is 2. The molecule has 1 aliphatic carbocycles. The van der Waals surface area contributed by atoms with Gasteiger partial charge in [0.05, 0.1) is 11.7 Å². The van der Waals surface area contributed by atoms with Gasteiger partial charge in [0, 0.05) is 6.20 Å². The van der Waals surface area contributed by atoms with Gasteiger partial charge in [0.15, 0.2) is 0 Å². The molecular formula is C16H27N3. The van der Waals surface area contributed by atoms with E-state index in [2.05, 4.69) is 42.1 Å². The van der Waals surface area contributed by atoms with E-state index in [9.17, 15) is 0 Å². The SMILES string of the molecule is CCCNC(c1ccncn1)C1CC(C)CC(C)C1. The predicted octanol–water partition coefficient (Wildman–Crippen LogP) is 3.59. The van der Waals surface area contributed by atoms with Gasteiger partial charge in [0.2, 0.25) is 0 Å². The topological polar surface area (TPSA) is 37.8 Å². The molecule has 1 saturated carbocycles. The van der Waals surface area contributed by atoms with Gasteiger partial charge in [-0.05, 0) is 56.0 Å². The molecule has 0 aromatic carbocycles. The molecule has 0 bridgehead atoms. The summed E-state index contributed by atoms with van der Waals surface area (Å²) < 4.78 is 0. The molecule has 3 atom stereocenters. The first-order valence-corrected chi connectivity index (χ1v) is 7.70. The van der Waals surface area contributed by atoms with Crippen molar-refractivity contribution in [3.05, 3.63) is 24.3 Å². The summed E-state index contributed by atoms with van der Waals surface area (Å²) in [5, 5.41) is 3.71. The highest BCUT2D eigenvalue weighted by Crippen LogP contribution is 2.39. The molecule has 3 unspecified atom stereocenters. The third-order valence-corrected chi connectivity index (χ3v) is 4.22. The van der Waals surface area contributed by atoms with E-state index in [0.717, 1.165) is 24.1 Å². The van der Waals surface area contributed by atoms with E-state index >= 15 is 0 Å². The second kappa shape index (κ2) is 6.99. The van der Waals surface area contributed by atoms with Crippen molar-refractivity contribution in [1.82, 2.24) is 15.3 Å². The highest BCUT2D eigenvalue weighted by molar-refractivity contribution is 5.07. The number of nitrogens with one attached hydrogen (secondary N) is 1. The minimum absolute atomic E-state index is 0.396. The Labute approximate surface area is 117 Å². The lowest BCUT2D eigenvalue weighted by Gasteiger charge is -2.36. The normalized spacial score (nSPS) is 29.1. The van der Waals surface area contributed by atoms with Crippen LogP contribution in [0.1, 0.15) is 58.2 Å². The predicted molar refractivity (Wildman–Crippen MR) is 78.7 cm³/mol. The average molecular weight is 261 g/mol. The Balaban J connectivity index is 2.12. The van der Waals surface area contributed by atoms with Crippen molar-refractivity contribution in [1.29, 1.82) is 0 Å². The van der Waals surface area contributed by atoms with Crippen LogP contribution in [-0.4, -0.2) is 16.5 Å². The minimum atomic E-state index is 0.396. The van der Waals surface area contributed by atoms with Crippen LogP contribution >= 0.6 is 0 Å². The molecule has 1 heterocycles. The third kappa shape index (κ3) is 4.00. The van der Waals surface area contributed by atoms with E-state index in [1.807, 2.05) is 6.20 Å². The summed E-state index contributed by atoms with van der Waals surface area (Å²) in [6.45, 7) is 8.06. The minimum Gasteiger partial charge on any atom is -0.308 e. The molecule has 0 radical (unpaired) electrons. The van der Waals surface area contributed by atoms with Crippen LogP contribution in [0.15, 0.2) is 18.6 Å². The molecule has 0 saturated heterocycles. The monoisotopic (exact) mass is 261 g/mol. The molecule has 0 amide bonds. The second-order valence-corrected chi connectivity index (χ2v) is 6.24. The van der Waals surface area contributed by atoms with Gasteiger partial charge in [0.1, 0.15) is 6.33 Å². The first-order valence-electron chi connectivity index (χ1n) is 7.70. The molecule has 3 nitrogen and oxygen atoms in total. The van der Waals surface area contributed by atoms with Crippen molar-refractivity contribution in [3.63, 3.8) is 0 Å². The van der Waals surface area contributed by atoms with E-state index in [4.69, 9.17) is 0 Å². The number of nitrogens with zero attached hydrogens (tertiary/aromatic N) is 2. The second-order valence-electron chi connectivity index (χ2n) is 6.24. The number of rotatable bonds is 5. The lowest BCUT2D eigenvalue weighted by Crippen LogP contribution is -2.34. The molecule has 19 heavy (non-hydrogen) atoms. The zero-order valence-electron chi connectivity index (χ0n) is 12.5. The van der Waals surface area contributed by atoms with E-state index < -0.39 is 0 Å². The molecule has 1 aromatic rings. The third-order valence-electron chi connectivity index (χ3n) is 4.22. The summed E-state index contributed by atoms with van der Waals surface area (Å²) in [6.07, 6.45) is 8.70. The molecule has 0 aliphatic heterocycles. The summed E-state index contributed by atoms with van der Waals surface area (Å²) in [5.74, 6) is 2.38. The largest absolute Gasteiger partial charge is 0.308 e. The van der Waals surface area contributed by atoms with Gasteiger partial charge < -0.3 is 5.32 Å². The maximum Gasteiger partial charge on any atom is 0.115 e. The lowest BCUT2D eigenvalue weighted by atomic mass is 9.73. The van der Waals surface area contributed by atoms with Crippen molar-refractivity contribution < 1.29 is 0 Å². The van der Waals surface area contributed by atoms with Crippen LogP contribution in [0.4, 0.5) is 0 Å². The van der Waals surface area contributed by atoms with E-state index in [1.54, 1.807) is 6.33 Å². The van der Waals surface area contributed by atoms with Crippen LogP contribution in [0.5, 0.6) is 0 Å². The van der Waals surface area contributed by atoms with Crippen molar-refractivity contribution in [3.8, 4) is 0 Å². The van der Waals surface area contributed by atoms with Gasteiger partial charge in [-0.3, -0.25) is 0 Å². The van der Waals surface area contributed by atoms with Gasteiger partial charge in [-0.25, -0.2) is 9.97 Å². The van der Waals surface area contributed by atoms with Crippen LogP contribution in [0.3, 0.4) is 0 Å². The van der Waals surface area contributed by atoms with Crippen molar-refractivity contribution in [2.24, 2.45) is 17.8 Å². The Morgan fingerprint density at radius 2 is 2.00 bits per heavy atom. The molecule has 1 fully saturated rings. The fraction of sp³-hybridized carbons (Fsp3) is 0.750. The van der Waals surface area contributed by atoms with Gasteiger partial charge in [-0.2, -0.15) is 0 Å². The van der Waals surface area contributed by atoms with E-state index in [-0.39, 0.29) is 0 Å². The fourth-order valence-electron chi connectivity index (χ4n) is 3.58. The van der Waals surface area contributed by atoms with Crippen molar-refractivity contribution in [2.75, 3.05) is 6.54 Å². The lowest BCUT2D eigenvalue weighted by molar-refractivity contribution is 0.174. The van der Waals surface area contributed by atoms with Gasteiger partial charge in [0.25, 0.3) is 0 Å². The Morgan fingerprint density at radius 3 is 2.58 bits per heavy atom. The molecule has 106 valence electrons.